The molecule has 3 heterocycles. The predicted octanol–water partition coefficient (Wildman–Crippen LogP) is 4.57. The highest BCUT2D eigenvalue weighted by Crippen LogP contribution is 2.32. The Kier molecular flexibility index (Phi) is 7.12. The molecular formula is C23H27Cl2FN8. The zero-order chi connectivity index (χ0) is 23.5. The maximum absolute atomic E-state index is 13.7. The lowest BCUT2D eigenvalue weighted by molar-refractivity contribution is 0.213. The highest BCUT2D eigenvalue weighted by molar-refractivity contribution is 6.43. The number of halogens is 3. The van der Waals surface area contributed by atoms with Crippen molar-refractivity contribution in [1.29, 1.82) is 0 Å². The van der Waals surface area contributed by atoms with Gasteiger partial charge in [0, 0.05) is 50.5 Å². The molecule has 1 saturated carbocycles. The molecule has 0 spiro atoms. The maximum Gasteiger partial charge on any atom is 0.248 e. The van der Waals surface area contributed by atoms with Crippen LogP contribution in [0.4, 0.5) is 16.2 Å². The Balaban J connectivity index is 1.30. The molecule has 2 aliphatic rings. The summed E-state index contributed by atoms with van der Waals surface area (Å²) in [6.07, 6.45) is 8.34. The second kappa shape index (κ2) is 10.4. The van der Waals surface area contributed by atoms with Crippen LogP contribution in [0.1, 0.15) is 37.7 Å². The van der Waals surface area contributed by atoms with E-state index in [0.29, 0.717) is 18.2 Å². The molecule has 0 amide bonds. The van der Waals surface area contributed by atoms with Gasteiger partial charge in [-0.3, -0.25) is 4.90 Å². The van der Waals surface area contributed by atoms with Crippen LogP contribution in [0.3, 0.4) is 0 Å². The van der Waals surface area contributed by atoms with Crippen molar-refractivity contribution in [3.8, 4) is 5.69 Å². The number of nitrogens with zero attached hydrogens (tertiary/aromatic N) is 7. The van der Waals surface area contributed by atoms with Crippen molar-refractivity contribution in [2.75, 3.05) is 36.4 Å². The molecule has 5 rings (SSSR count). The second-order valence-corrected chi connectivity index (χ2v) is 9.52. The van der Waals surface area contributed by atoms with Crippen LogP contribution in [0.2, 0.25) is 10.0 Å². The predicted molar refractivity (Wildman–Crippen MR) is 131 cm³/mol. The number of hydrogen-bond donors (Lipinski definition) is 1. The van der Waals surface area contributed by atoms with E-state index in [1.165, 1.54) is 42.5 Å². The Hall–Kier alpha value is -2.49. The van der Waals surface area contributed by atoms with Crippen molar-refractivity contribution >= 4 is 35.0 Å². The van der Waals surface area contributed by atoms with Crippen molar-refractivity contribution < 1.29 is 4.39 Å². The van der Waals surface area contributed by atoms with Gasteiger partial charge in [0.05, 0.1) is 15.7 Å². The van der Waals surface area contributed by atoms with Crippen LogP contribution in [0.25, 0.3) is 5.69 Å². The fourth-order valence-electron chi connectivity index (χ4n) is 4.95. The minimum atomic E-state index is -0.595. The summed E-state index contributed by atoms with van der Waals surface area (Å²) in [5.41, 5.74) is 1.45. The van der Waals surface area contributed by atoms with Gasteiger partial charge in [-0.1, -0.05) is 47.2 Å². The van der Waals surface area contributed by atoms with Crippen molar-refractivity contribution in [2.24, 2.45) is 0 Å². The minimum absolute atomic E-state index is 0.0514. The number of hydrogen-bond acceptors (Lipinski definition) is 7. The van der Waals surface area contributed by atoms with E-state index < -0.39 is 5.82 Å². The third-order valence-corrected chi connectivity index (χ3v) is 7.54. The largest absolute Gasteiger partial charge is 0.355 e. The number of anilines is 2. The van der Waals surface area contributed by atoms with Crippen LogP contribution < -0.4 is 10.2 Å². The van der Waals surface area contributed by atoms with Gasteiger partial charge in [-0.25, -0.2) is 9.37 Å². The zero-order valence-electron chi connectivity index (χ0n) is 18.8. The first kappa shape index (κ1) is 23.3. The molecule has 3 aromatic rings. The smallest absolute Gasteiger partial charge is 0.248 e. The quantitative estimate of drug-likeness (QED) is 0.492. The zero-order valence-corrected chi connectivity index (χ0v) is 20.3. The molecule has 180 valence electrons. The molecule has 1 N–H and O–H groups in total. The van der Waals surface area contributed by atoms with Gasteiger partial charge < -0.3 is 10.2 Å². The summed E-state index contributed by atoms with van der Waals surface area (Å²) >= 11 is 12.2. The second-order valence-electron chi connectivity index (χ2n) is 8.76. The van der Waals surface area contributed by atoms with Gasteiger partial charge in [0.1, 0.15) is 11.6 Å². The summed E-state index contributed by atoms with van der Waals surface area (Å²) in [7, 11) is 0. The molecule has 0 radical (unpaired) electrons. The summed E-state index contributed by atoms with van der Waals surface area (Å²) in [6, 6.07) is 7.47. The first-order chi connectivity index (χ1) is 16.6. The molecule has 1 aromatic carbocycles. The monoisotopic (exact) mass is 504 g/mol. The third kappa shape index (κ3) is 4.82. The molecule has 0 atom stereocenters. The number of nitrogens with one attached hydrogen (secondary N) is 1. The van der Waals surface area contributed by atoms with Gasteiger partial charge in [0.25, 0.3) is 0 Å². The highest BCUT2D eigenvalue weighted by atomic mass is 35.5. The Morgan fingerprint density at radius 3 is 2.71 bits per heavy atom. The van der Waals surface area contributed by atoms with Gasteiger partial charge in [-0.15, -0.1) is 0 Å². The number of pyridine rings is 1. The molecule has 11 heteroatoms. The number of tetrazole rings is 1. The van der Waals surface area contributed by atoms with Gasteiger partial charge in [0.2, 0.25) is 5.95 Å². The summed E-state index contributed by atoms with van der Waals surface area (Å²) in [4.78, 5) is 9.76. The molecule has 1 aliphatic heterocycles. The van der Waals surface area contributed by atoms with E-state index in [4.69, 9.17) is 28.2 Å². The molecular weight excluding hydrogens is 478 g/mol. The van der Waals surface area contributed by atoms with Crippen LogP contribution in [0.15, 0.2) is 30.5 Å². The standard InChI is InChI=1S/C23H27Cl2FN8/c24-20-18(26)8-9-19(21(20)25)34-23(29-30-31-34)28-15-16-5-3-10-27-22(16)33-12-4-11-32(13-14-33)17-6-1-2-7-17/h3,5,8-10,17H,1-2,4,6-7,11-15H2,(H,28,29,31). The van der Waals surface area contributed by atoms with E-state index in [1.54, 1.807) is 0 Å². The molecule has 2 aromatic heterocycles. The van der Waals surface area contributed by atoms with Crippen LogP contribution in [-0.2, 0) is 6.54 Å². The van der Waals surface area contributed by atoms with Crippen LogP contribution in [0, 0.1) is 5.82 Å². The Morgan fingerprint density at radius 1 is 1.00 bits per heavy atom. The van der Waals surface area contributed by atoms with Gasteiger partial charge in [0.15, 0.2) is 0 Å². The molecule has 1 saturated heterocycles. The number of benzene rings is 1. The molecule has 34 heavy (non-hydrogen) atoms. The lowest BCUT2D eigenvalue weighted by Gasteiger charge is -2.28. The Labute approximate surface area is 208 Å². The molecule has 1 aliphatic carbocycles. The fourth-order valence-corrected chi connectivity index (χ4v) is 5.34. The molecule has 8 nitrogen and oxygen atoms in total. The average Bonchev–Trinajstić information content (AvgIpc) is 3.50. The topological polar surface area (TPSA) is 75.0 Å². The average molecular weight is 505 g/mol. The summed E-state index contributed by atoms with van der Waals surface area (Å²) in [5.74, 6) is 0.759. The van der Waals surface area contributed by atoms with Crippen LogP contribution in [-0.4, -0.2) is 62.3 Å². The van der Waals surface area contributed by atoms with Crippen molar-refractivity contribution in [1.82, 2.24) is 30.1 Å². The summed E-state index contributed by atoms with van der Waals surface area (Å²) in [5, 5.41) is 15.0. The van der Waals surface area contributed by atoms with E-state index in [2.05, 4.69) is 36.7 Å². The number of rotatable bonds is 6. The van der Waals surface area contributed by atoms with Crippen molar-refractivity contribution in [3.05, 3.63) is 51.9 Å². The molecule has 0 bridgehead atoms. The Bertz CT molecular complexity index is 1130. The van der Waals surface area contributed by atoms with Gasteiger partial charge in [-0.2, -0.15) is 4.68 Å². The maximum atomic E-state index is 13.7. The summed E-state index contributed by atoms with van der Waals surface area (Å²) < 4.78 is 15.1. The normalized spacial score (nSPS) is 17.8. The first-order valence-electron chi connectivity index (χ1n) is 11.7. The van der Waals surface area contributed by atoms with E-state index in [9.17, 15) is 4.39 Å². The lowest BCUT2D eigenvalue weighted by atomic mass is 10.2. The van der Waals surface area contributed by atoms with E-state index in [-0.39, 0.29) is 10.0 Å². The van der Waals surface area contributed by atoms with Crippen LogP contribution in [0.5, 0.6) is 0 Å². The third-order valence-electron chi connectivity index (χ3n) is 6.69. The van der Waals surface area contributed by atoms with Gasteiger partial charge in [-0.05, 0) is 47.9 Å². The minimum Gasteiger partial charge on any atom is -0.355 e. The van der Waals surface area contributed by atoms with Crippen molar-refractivity contribution in [3.63, 3.8) is 0 Å². The van der Waals surface area contributed by atoms with Crippen LogP contribution >= 0.6 is 23.2 Å². The molecule has 2 fully saturated rings. The SMILES string of the molecule is Fc1ccc(-n2nnnc2NCc2cccnc2N2CCCN(C3CCCC3)CC2)c(Cl)c1Cl. The lowest BCUT2D eigenvalue weighted by Crippen LogP contribution is -2.37. The van der Waals surface area contributed by atoms with Gasteiger partial charge >= 0.3 is 0 Å². The highest BCUT2D eigenvalue weighted by Gasteiger charge is 2.26. The van der Waals surface area contributed by atoms with E-state index in [0.717, 1.165) is 50.0 Å². The van der Waals surface area contributed by atoms with E-state index >= 15 is 0 Å². The Morgan fingerprint density at radius 2 is 1.85 bits per heavy atom. The summed E-state index contributed by atoms with van der Waals surface area (Å²) in [6.45, 7) is 4.63. The number of aromatic nitrogens is 5. The fraction of sp³-hybridized carbons (Fsp3) is 0.478. The van der Waals surface area contributed by atoms with Crippen molar-refractivity contribution in [2.45, 2.75) is 44.7 Å². The molecule has 0 unspecified atom stereocenters. The van der Waals surface area contributed by atoms with E-state index in [1.807, 2.05) is 12.3 Å². The first-order valence-corrected chi connectivity index (χ1v) is 12.5.